The van der Waals surface area contributed by atoms with Gasteiger partial charge < -0.3 is 20.8 Å². The highest BCUT2D eigenvalue weighted by atomic mass is 35.5. The van der Waals surface area contributed by atoms with Crippen molar-refractivity contribution >= 4 is 46.3 Å². The summed E-state index contributed by atoms with van der Waals surface area (Å²) in [6.07, 6.45) is 3.70. The maximum absolute atomic E-state index is 12.0. The number of nitrogens with one attached hydrogen (secondary N) is 2. The molecule has 0 radical (unpaired) electrons. The van der Waals surface area contributed by atoms with E-state index in [2.05, 4.69) is 25.6 Å². The van der Waals surface area contributed by atoms with E-state index in [-0.39, 0.29) is 11.2 Å². The van der Waals surface area contributed by atoms with Crippen molar-refractivity contribution in [1.29, 1.82) is 0 Å². The van der Waals surface area contributed by atoms with Crippen LogP contribution in [0.4, 0.5) is 5.82 Å². The zero-order chi connectivity index (χ0) is 19.1. The summed E-state index contributed by atoms with van der Waals surface area (Å²) < 4.78 is 1.64. The molecule has 2 fully saturated rings. The monoisotopic (exact) mass is 412 g/mol. The Bertz CT molecular complexity index is 858. The minimum atomic E-state index is -1.19. The molecular weight excluding hydrogens is 392 g/mol. The number of aliphatic hydroxyl groups is 2. The predicted octanol–water partition coefficient (Wildman–Crippen LogP) is 0.916. The highest BCUT2D eigenvalue weighted by molar-refractivity contribution is 8.01. The van der Waals surface area contributed by atoms with Gasteiger partial charge in [-0.3, -0.25) is 9.36 Å². The van der Waals surface area contributed by atoms with E-state index in [9.17, 15) is 15.0 Å². The number of aliphatic hydroxyl groups excluding tert-OH is 2. The number of amides is 1. The third-order valence-corrected chi connectivity index (χ3v) is 6.85. The Morgan fingerprint density at radius 3 is 2.74 bits per heavy atom. The Hall–Kier alpha value is -1.62. The molecule has 1 aliphatic heterocycles. The summed E-state index contributed by atoms with van der Waals surface area (Å²) in [7, 11) is 1.50. The number of halogens is 1. The number of aromatic nitrogens is 4. The number of thioether (sulfide) groups is 1. The van der Waals surface area contributed by atoms with E-state index >= 15 is 0 Å². The predicted molar refractivity (Wildman–Crippen MR) is 103 cm³/mol. The molecule has 1 saturated heterocycles. The summed E-state index contributed by atoms with van der Waals surface area (Å²) >= 11 is 7.29. The lowest BCUT2D eigenvalue weighted by Gasteiger charge is -2.17. The van der Waals surface area contributed by atoms with Crippen LogP contribution in [-0.2, 0) is 4.79 Å². The topological polar surface area (TPSA) is 125 Å². The zero-order valence-corrected chi connectivity index (χ0v) is 16.2. The first-order valence-electron chi connectivity index (χ1n) is 8.89. The Labute approximate surface area is 164 Å². The second-order valence-electron chi connectivity index (χ2n) is 6.83. The van der Waals surface area contributed by atoms with Crippen LogP contribution in [0.15, 0.2) is 6.33 Å². The number of fused-ring (bicyclic) bond motifs is 1. The quantitative estimate of drug-likeness (QED) is 0.546. The van der Waals surface area contributed by atoms with Gasteiger partial charge in [0.15, 0.2) is 17.0 Å². The molecule has 4 N–H and O–H groups in total. The Morgan fingerprint density at radius 1 is 1.30 bits per heavy atom. The summed E-state index contributed by atoms with van der Waals surface area (Å²) in [5.74, 6) is 0.228. The van der Waals surface area contributed by atoms with Gasteiger partial charge in [-0.25, -0.2) is 4.98 Å². The lowest BCUT2D eigenvalue weighted by atomic mass is 10.1. The zero-order valence-electron chi connectivity index (χ0n) is 14.7. The van der Waals surface area contributed by atoms with E-state index in [4.69, 9.17) is 11.6 Å². The summed E-state index contributed by atoms with van der Waals surface area (Å²) in [6, 6.07) is 0.329. The number of nitrogens with zero attached hydrogens (tertiary/aromatic N) is 4. The van der Waals surface area contributed by atoms with Gasteiger partial charge in [-0.2, -0.15) is 9.97 Å². The summed E-state index contributed by atoms with van der Waals surface area (Å²) in [4.78, 5) is 24.9. The number of hydrogen-bond acceptors (Lipinski definition) is 8. The van der Waals surface area contributed by atoms with Crippen LogP contribution in [0, 0.1) is 0 Å². The molecule has 1 saturated carbocycles. The maximum Gasteiger partial charge on any atom is 0.235 e. The van der Waals surface area contributed by atoms with Crippen molar-refractivity contribution in [3.8, 4) is 0 Å². The lowest BCUT2D eigenvalue weighted by Crippen LogP contribution is -2.39. The molecule has 3 heterocycles. The molecule has 2 aromatic rings. The standard InChI is InChI=1S/C16H21ClN6O3S/c1-18-14(26)11-9(24)10(25)15(27-11)23-6-19-8-12(20-7-4-2-3-5-7)21-16(17)22-13(8)23/h6-7,9-11,15,24-25H,2-5H2,1H3,(H,18,26)(H,20,21,22)/t9-,10+,11-,15+/m0/s1. The van der Waals surface area contributed by atoms with E-state index in [0.717, 1.165) is 24.6 Å². The van der Waals surface area contributed by atoms with Gasteiger partial charge in [0.2, 0.25) is 11.2 Å². The highest BCUT2D eigenvalue weighted by Gasteiger charge is 2.47. The molecule has 2 aliphatic rings. The molecule has 4 rings (SSSR count). The van der Waals surface area contributed by atoms with Crippen molar-refractivity contribution in [2.45, 2.75) is 54.6 Å². The molecule has 4 atom stereocenters. The second kappa shape index (κ2) is 7.42. The fraction of sp³-hybridized carbons (Fsp3) is 0.625. The van der Waals surface area contributed by atoms with Gasteiger partial charge in [-0.05, 0) is 24.4 Å². The first kappa shape index (κ1) is 18.7. The Balaban J connectivity index is 1.68. The summed E-state index contributed by atoms with van der Waals surface area (Å²) in [5, 5.41) is 25.3. The van der Waals surface area contributed by atoms with Crippen LogP contribution in [0.1, 0.15) is 31.1 Å². The number of anilines is 1. The molecule has 0 aromatic carbocycles. The first-order chi connectivity index (χ1) is 13.0. The minimum Gasteiger partial charge on any atom is -0.389 e. The maximum atomic E-state index is 12.0. The molecule has 27 heavy (non-hydrogen) atoms. The van der Waals surface area contributed by atoms with Crippen molar-refractivity contribution < 1.29 is 15.0 Å². The van der Waals surface area contributed by atoms with E-state index in [1.165, 1.54) is 26.2 Å². The average molecular weight is 413 g/mol. The molecule has 9 nitrogen and oxygen atoms in total. The van der Waals surface area contributed by atoms with Crippen molar-refractivity contribution in [1.82, 2.24) is 24.8 Å². The second-order valence-corrected chi connectivity index (χ2v) is 8.43. The van der Waals surface area contributed by atoms with E-state index in [0.29, 0.717) is 23.0 Å². The number of carbonyl (C=O) groups is 1. The van der Waals surface area contributed by atoms with Crippen molar-refractivity contribution in [2.75, 3.05) is 12.4 Å². The van der Waals surface area contributed by atoms with Gasteiger partial charge in [-0.1, -0.05) is 12.8 Å². The van der Waals surface area contributed by atoms with Crippen LogP contribution in [-0.4, -0.2) is 66.2 Å². The molecule has 11 heteroatoms. The largest absolute Gasteiger partial charge is 0.389 e. The fourth-order valence-corrected chi connectivity index (χ4v) is 5.32. The van der Waals surface area contributed by atoms with Crippen molar-refractivity contribution in [3.05, 3.63) is 11.6 Å². The van der Waals surface area contributed by atoms with Crippen LogP contribution in [0.2, 0.25) is 5.28 Å². The van der Waals surface area contributed by atoms with Crippen molar-refractivity contribution in [3.63, 3.8) is 0 Å². The van der Waals surface area contributed by atoms with Gasteiger partial charge in [-0.15, -0.1) is 11.8 Å². The van der Waals surface area contributed by atoms with Gasteiger partial charge in [0.05, 0.1) is 6.33 Å². The van der Waals surface area contributed by atoms with Crippen LogP contribution >= 0.6 is 23.4 Å². The number of rotatable bonds is 4. The SMILES string of the molecule is CNC(=O)[C@H]1S[C@@H](n2cnc3c(NC4CCCC4)nc(Cl)nc32)[C@H](O)[C@@H]1O. The smallest absolute Gasteiger partial charge is 0.235 e. The van der Waals surface area contributed by atoms with E-state index in [1.807, 2.05) is 0 Å². The van der Waals surface area contributed by atoms with Crippen LogP contribution in [0.5, 0.6) is 0 Å². The average Bonchev–Trinajstić information content (AvgIpc) is 3.36. The summed E-state index contributed by atoms with van der Waals surface area (Å²) in [5.41, 5.74) is 1.01. The molecule has 0 spiro atoms. The van der Waals surface area contributed by atoms with Gasteiger partial charge in [0, 0.05) is 13.1 Å². The number of carbonyl (C=O) groups excluding carboxylic acids is 1. The van der Waals surface area contributed by atoms with E-state index in [1.54, 1.807) is 4.57 Å². The third-order valence-electron chi connectivity index (χ3n) is 5.11. The van der Waals surface area contributed by atoms with E-state index < -0.39 is 22.8 Å². The van der Waals surface area contributed by atoms with Crippen molar-refractivity contribution in [2.24, 2.45) is 0 Å². The number of hydrogen-bond donors (Lipinski definition) is 4. The van der Waals surface area contributed by atoms with Gasteiger partial charge >= 0.3 is 0 Å². The Kier molecular flexibility index (Phi) is 5.15. The molecule has 0 bridgehead atoms. The molecule has 146 valence electrons. The van der Waals surface area contributed by atoms with Gasteiger partial charge in [0.25, 0.3) is 0 Å². The normalized spacial score (nSPS) is 28.7. The molecule has 0 unspecified atom stereocenters. The third kappa shape index (κ3) is 3.35. The highest BCUT2D eigenvalue weighted by Crippen LogP contribution is 2.43. The molecule has 1 aliphatic carbocycles. The molecular formula is C16H21ClN6O3S. The van der Waals surface area contributed by atoms with Gasteiger partial charge in [0.1, 0.15) is 22.8 Å². The molecule has 1 amide bonds. The van der Waals surface area contributed by atoms with Crippen LogP contribution < -0.4 is 10.6 Å². The molecule has 2 aromatic heterocycles. The fourth-order valence-electron chi connectivity index (χ4n) is 3.69. The Morgan fingerprint density at radius 2 is 2.04 bits per heavy atom. The van der Waals surface area contributed by atoms with Crippen LogP contribution in [0.25, 0.3) is 11.2 Å². The lowest BCUT2D eigenvalue weighted by molar-refractivity contribution is -0.122. The number of imidazole rings is 1. The summed E-state index contributed by atoms with van der Waals surface area (Å²) in [6.45, 7) is 0. The minimum absolute atomic E-state index is 0.0747. The first-order valence-corrected chi connectivity index (χ1v) is 10.2. The van der Waals surface area contributed by atoms with Crippen LogP contribution in [0.3, 0.4) is 0 Å².